The van der Waals surface area contributed by atoms with Gasteiger partial charge in [-0.15, -0.1) is 0 Å². The molecule has 0 saturated carbocycles. The van der Waals surface area contributed by atoms with Crippen LogP contribution >= 0.6 is 0 Å². The maximum absolute atomic E-state index is 12.7. The predicted octanol–water partition coefficient (Wildman–Crippen LogP) is 1.64. The molecule has 2 fully saturated rings. The molecule has 0 radical (unpaired) electrons. The summed E-state index contributed by atoms with van der Waals surface area (Å²) in [6, 6.07) is 7.53. The molecular formula is C21H27NO9. The molecule has 170 valence electrons. The largest absolute Gasteiger partial charge is 0.469 e. The normalized spacial score (nSPS) is 27.9. The Balaban J connectivity index is 1.86. The minimum Gasteiger partial charge on any atom is -0.469 e. The number of unbranched alkanes of at least 4 members (excludes halogenated alkanes) is 1. The summed E-state index contributed by atoms with van der Waals surface area (Å²) in [6.07, 6.45) is -1.08. The number of hydrogen-bond acceptors (Lipinski definition) is 10. The molecule has 0 aliphatic carbocycles. The quantitative estimate of drug-likeness (QED) is 0.338. The average molecular weight is 437 g/mol. The third kappa shape index (κ3) is 5.21. The number of rotatable bonds is 8. The molecule has 1 aromatic rings. The summed E-state index contributed by atoms with van der Waals surface area (Å²) in [6.45, 7) is 2.46. The van der Waals surface area contributed by atoms with Gasteiger partial charge in [0.15, 0.2) is 12.4 Å². The lowest BCUT2D eigenvalue weighted by Gasteiger charge is -2.38. The molecule has 0 amide bonds. The zero-order valence-electron chi connectivity index (χ0n) is 17.7. The van der Waals surface area contributed by atoms with Gasteiger partial charge in [0, 0.05) is 13.0 Å². The van der Waals surface area contributed by atoms with Gasteiger partial charge in [0.05, 0.1) is 19.8 Å². The van der Waals surface area contributed by atoms with Crippen molar-refractivity contribution in [2.45, 2.75) is 50.7 Å². The number of hydrogen-bond donors (Lipinski definition) is 0. The summed E-state index contributed by atoms with van der Waals surface area (Å²) in [7, 11) is 2.38. The van der Waals surface area contributed by atoms with Gasteiger partial charge in [-0.05, 0) is 18.6 Å². The molecule has 10 nitrogen and oxygen atoms in total. The number of methoxy groups -OCH3 is 2. The molecule has 1 aromatic carbocycles. The monoisotopic (exact) mass is 437 g/mol. The van der Waals surface area contributed by atoms with Crippen molar-refractivity contribution in [3.05, 3.63) is 35.9 Å². The van der Waals surface area contributed by atoms with Crippen molar-refractivity contribution in [2.75, 3.05) is 20.8 Å². The summed E-state index contributed by atoms with van der Waals surface area (Å²) in [5.41, 5.74) is 0.349. The summed E-state index contributed by atoms with van der Waals surface area (Å²) in [5, 5.41) is 1.01. The lowest BCUT2D eigenvalue weighted by Crippen LogP contribution is -2.54. The number of carbonyl (C=O) groups excluding carboxylic acids is 3. The van der Waals surface area contributed by atoms with E-state index in [2.05, 4.69) is 0 Å². The molecule has 10 heteroatoms. The first kappa shape index (κ1) is 23.1. The second-order valence-corrected chi connectivity index (χ2v) is 7.18. The summed E-state index contributed by atoms with van der Waals surface area (Å²) >= 11 is 0. The van der Waals surface area contributed by atoms with Crippen LogP contribution < -0.4 is 0 Å². The van der Waals surface area contributed by atoms with E-state index in [9.17, 15) is 14.4 Å². The molecule has 0 aromatic heterocycles. The second kappa shape index (κ2) is 10.7. The van der Waals surface area contributed by atoms with Crippen molar-refractivity contribution in [3.8, 4) is 0 Å². The topological polar surface area (TPSA) is 110 Å². The third-order valence-corrected chi connectivity index (χ3v) is 5.16. The fourth-order valence-electron chi connectivity index (χ4n) is 3.57. The third-order valence-electron chi connectivity index (χ3n) is 5.16. The summed E-state index contributed by atoms with van der Waals surface area (Å²) < 4.78 is 21.1. The Morgan fingerprint density at radius 2 is 1.77 bits per heavy atom. The first-order chi connectivity index (χ1) is 15.0. The highest BCUT2D eigenvalue weighted by Crippen LogP contribution is 2.39. The molecule has 2 saturated heterocycles. The zero-order chi connectivity index (χ0) is 22.4. The molecule has 2 aliphatic rings. The van der Waals surface area contributed by atoms with Crippen LogP contribution in [0.5, 0.6) is 0 Å². The van der Waals surface area contributed by atoms with E-state index >= 15 is 0 Å². The minimum absolute atomic E-state index is 0.147. The van der Waals surface area contributed by atoms with Crippen molar-refractivity contribution >= 4 is 17.9 Å². The van der Waals surface area contributed by atoms with Gasteiger partial charge in [-0.2, -0.15) is 0 Å². The Morgan fingerprint density at radius 3 is 2.42 bits per heavy atom. The Kier molecular flexibility index (Phi) is 7.97. The van der Waals surface area contributed by atoms with Gasteiger partial charge in [-0.1, -0.05) is 36.8 Å². The summed E-state index contributed by atoms with van der Waals surface area (Å²) in [5.74, 6) is -3.19. The molecule has 0 bridgehead atoms. The van der Waals surface area contributed by atoms with Gasteiger partial charge in [0.2, 0.25) is 0 Å². The fraction of sp³-hybridized carbons (Fsp3) is 0.571. The van der Waals surface area contributed by atoms with Crippen LogP contribution in [0.25, 0.3) is 0 Å². The molecule has 0 unspecified atom stereocenters. The molecule has 0 spiro atoms. The highest BCUT2D eigenvalue weighted by Gasteiger charge is 2.60. The van der Waals surface area contributed by atoms with Crippen LogP contribution in [-0.2, 0) is 38.2 Å². The highest BCUT2D eigenvalue weighted by atomic mass is 17.0. The van der Waals surface area contributed by atoms with Gasteiger partial charge in [0.25, 0.3) is 0 Å². The van der Waals surface area contributed by atoms with E-state index in [1.807, 2.05) is 6.92 Å². The van der Waals surface area contributed by atoms with E-state index in [1.165, 1.54) is 14.2 Å². The molecule has 0 N–H and O–H groups in total. The lowest BCUT2D eigenvalue weighted by atomic mass is 9.89. The Hall–Kier alpha value is -2.53. The van der Waals surface area contributed by atoms with E-state index in [4.69, 9.17) is 28.6 Å². The van der Waals surface area contributed by atoms with Crippen molar-refractivity contribution in [1.82, 2.24) is 5.23 Å². The van der Waals surface area contributed by atoms with Crippen LogP contribution in [0.4, 0.5) is 0 Å². The Bertz CT molecular complexity index is 771. The highest BCUT2D eigenvalue weighted by molar-refractivity contribution is 5.89. The average Bonchev–Trinajstić information content (AvgIpc) is 3.18. The molecule has 5 atom stereocenters. The number of fused-ring (bicyclic) bond motifs is 1. The number of benzene rings is 1. The van der Waals surface area contributed by atoms with Gasteiger partial charge < -0.3 is 18.9 Å². The Labute approximate surface area is 180 Å². The van der Waals surface area contributed by atoms with Gasteiger partial charge >= 0.3 is 17.9 Å². The maximum atomic E-state index is 12.7. The van der Waals surface area contributed by atoms with E-state index in [1.54, 1.807) is 30.3 Å². The number of nitrogens with zero attached hydrogens (tertiary/aromatic N) is 1. The lowest BCUT2D eigenvalue weighted by molar-refractivity contribution is -0.443. The standard InChI is InChI=1S/C21H27NO9/c1-4-5-11-28-15-12-14(29-19(23)13-9-7-6-8-10-13)17-16(20(24)26-2)18(21(25)27-3)31-22(17)30-15/h6-10,14-18H,4-5,11-12H2,1-3H3/t14-,15-,16+,17-,18-/m0/s1. The number of ether oxygens (including phenoxy) is 4. The van der Waals surface area contributed by atoms with Gasteiger partial charge in [-0.3, -0.25) is 9.63 Å². The van der Waals surface area contributed by atoms with Crippen LogP contribution in [0.2, 0.25) is 0 Å². The molecular weight excluding hydrogens is 410 g/mol. The van der Waals surface area contributed by atoms with Crippen molar-refractivity contribution in [3.63, 3.8) is 0 Å². The SMILES string of the molecule is CCCCO[C@@H]1C[C@H](OC(=O)c2ccccc2)[C@H]2[C@@H](C(=O)OC)[C@@H](C(=O)OC)ON2O1. The molecule has 3 rings (SSSR count). The van der Waals surface area contributed by atoms with Crippen LogP contribution in [0.3, 0.4) is 0 Å². The number of hydroxylamine groups is 2. The van der Waals surface area contributed by atoms with E-state index in [0.717, 1.165) is 18.1 Å². The van der Waals surface area contributed by atoms with Crippen molar-refractivity contribution < 1.29 is 43.0 Å². The molecule has 2 heterocycles. The van der Waals surface area contributed by atoms with E-state index in [0.29, 0.717) is 12.2 Å². The smallest absolute Gasteiger partial charge is 0.338 e. The maximum Gasteiger partial charge on any atom is 0.338 e. The van der Waals surface area contributed by atoms with Crippen molar-refractivity contribution in [1.29, 1.82) is 0 Å². The zero-order valence-corrected chi connectivity index (χ0v) is 17.7. The van der Waals surface area contributed by atoms with Gasteiger partial charge in [-0.25, -0.2) is 14.4 Å². The summed E-state index contributed by atoms with van der Waals surface area (Å²) in [4.78, 5) is 48.8. The predicted molar refractivity (Wildman–Crippen MR) is 104 cm³/mol. The fourth-order valence-corrected chi connectivity index (χ4v) is 3.57. The van der Waals surface area contributed by atoms with Crippen LogP contribution in [0.15, 0.2) is 30.3 Å². The minimum atomic E-state index is -1.31. The van der Waals surface area contributed by atoms with Crippen LogP contribution in [0.1, 0.15) is 36.5 Å². The van der Waals surface area contributed by atoms with Crippen molar-refractivity contribution in [2.24, 2.45) is 5.92 Å². The Morgan fingerprint density at radius 1 is 1.06 bits per heavy atom. The molecule has 31 heavy (non-hydrogen) atoms. The van der Waals surface area contributed by atoms with Crippen LogP contribution in [-0.4, -0.2) is 68.5 Å². The van der Waals surface area contributed by atoms with E-state index in [-0.39, 0.29) is 6.42 Å². The number of esters is 3. The van der Waals surface area contributed by atoms with Crippen LogP contribution in [0, 0.1) is 5.92 Å². The first-order valence-corrected chi connectivity index (χ1v) is 10.2. The van der Waals surface area contributed by atoms with Gasteiger partial charge in [0.1, 0.15) is 18.1 Å². The second-order valence-electron chi connectivity index (χ2n) is 7.18. The van der Waals surface area contributed by atoms with E-state index < -0.39 is 48.4 Å². The first-order valence-electron chi connectivity index (χ1n) is 10.2. The number of carbonyl (C=O) groups is 3. The molecule has 2 aliphatic heterocycles.